The quantitative estimate of drug-likeness (QED) is 0.582. The lowest BCUT2D eigenvalue weighted by Crippen LogP contribution is -2.49. The van der Waals surface area contributed by atoms with E-state index in [1.54, 1.807) is 12.1 Å². The Kier molecular flexibility index (Phi) is 7.09. The molecular formula is C18H25FN4O2. The van der Waals surface area contributed by atoms with E-state index in [0.717, 1.165) is 31.7 Å². The van der Waals surface area contributed by atoms with Crippen LogP contribution in [0.1, 0.15) is 11.6 Å². The number of nitrogens with one attached hydrogen (secondary N) is 2. The zero-order valence-corrected chi connectivity index (χ0v) is 14.5. The van der Waals surface area contributed by atoms with Crippen molar-refractivity contribution in [2.24, 2.45) is 0 Å². The van der Waals surface area contributed by atoms with Crippen molar-refractivity contribution < 1.29 is 14.0 Å². The highest BCUT2D eigenvalue weighted by molar-refractivity contribution is 6.35. The first-order chi connectivity index (χ1) is 12.0. The molecule has 2 N–H and O–H groups in total. The van der Waals surface area contributed by atoms with Crippen LogP contribution in [-0.2, 0) is 9.59 Å². The summed E-state index contributed by atoms with van der Waals surface area (Å²) in [6.07, 6.45) is 1.51. The zero-order chi connectivity index (χ0) is 18.2. The van der Waals surface area contributed by atoms with Crippen molar-refractivity contribution in [1.82, 2.24) is 20.4 Å². The Morgan fingerprint density at radius 3 is 2.36 bits per heavy atom. The molecule has 1 aromatic rings. The van der Waals surface area contributed by atoms with Crippen molar-refractivity contribution in [3.8, 4) is 0 Å². The Labute approximate surface area is 147 Å². The molecule has 0 bridgehead atoms. The number of hydrogen-bond donors (Lipinski definition) is 2. The van der Waals surface area contributed by atoms with E-state index in [4.69, 9.17) is 0 Å². The van der Waals surface area contributed by atoms with E-state index >= 15 is 0 Å². The molecule has 1 unspecified atom stereocenters. The maximum absolute atomic E-state index is 13.2. The molecule has 2 amide bonds. The van der Waals surface area contributed by atoms with Crippen molar-refractivity contribution in [2.75, 3.05) is 46.3 Å². The average Bonchev–Trinajstić information content (AvgIpc) is 2.62. The van der Waals surface area contributed by atoms with Crippen LogP contribution in [0.3, 0.4) is 0 Å². The van der Waals surface area contributed by atoms with Crippen LogP contribution in [0.15, 0.2) is 36.9 Å². The predicted molar refractivity (Wildman–Crippen MR) is 94.4 cm³/mol. The molecule has 1 aromatic carbocycles. The molecule has 1 aliphatic heterocycles. The van der Waals surface area contributed by atoms with E-state index in [1.807, 2.05) is 0 Å². The molecule has 1 saturated heterocycles. The van der Waals surface area contributed by atoms with Crippen LogP contribution in [0.25, 0.3) is 0 Å². The Hall–Kier alpha value is -2.25. The van der Waals surface area contributed by atoms with Gasteiger partial charge < -0.3 is 15.5 Å². The maximum atomic E-state index is 13.2. The van der Waals surface area contributed by atoms with Crippen LogP contribution in [0.5, 0.6) is 0 Å². The molecule has 0 radical (unpaired) electrons. The third kappa shape index (κ3) is 5.65. The first kappa shape index (κ1) is 19.1. The molecule has 7 heteroatoms. The van der Waals surface area contributed by atoms with E-state index in [1.165, 1.54) is 18.2 Å². The number of nitrogens with zero attached hydrogens (tertiary/aromatic N) is 2. The summed E-state index contributed by atoms with van der Waals surface area (Å²) in [4.78, 5) is 28.1. The standard InChI is InChI=1S/C18H25FN4O2/c1-3-8-20-17(24)18(25)21-13-16(14-4-6-15(19)7-5-14)23-11-9-22(2)10-12-23/h3-7,16H,1,8-13H2,2H3,(H,20,24)(H,21,25). The second-order valence-electron chi connectivity index (χ2n) is 6.12. The van der Waals surface area contributed by atoms with E-state index in [2.05, 4.69) is 34.1 Å². The lowest BCUT2D eigenvalue weighted by Gasteiger charge is -2.38. The van der Waals surface area contributed by atoms with Gasteiger partial charge in [-0.2, -0.15) is 0 Å². The highest BCUT2D eigenvalue weighted by Crippen LogP contribution is 2.22. The Morgan fingerprint density at radius 1 is 1.16 bits per heavy atom. The molecule has 1 heterocycles. The lowest BCUT2D eigenvalue weighted by atomic mass is 10.0. The van der Waals surface area contributed by atoms with Gasteiger partial charge in [-0.3, -0.25) is 14.5 Å². The SMILES string of the molecule is C=CCNC(=O)C(=O)NCC(c1ccc(F)cc1)N1CCN(C)CC1. The molecule has 0 spiro atoms. The summed E-state index contributed by atoms with van der Waals surface area (Å²) >= 11 is 0. The zero-order valence-electron chi connectivity index (χ0n) is 14.5. The third-order valence-electron chi connectivity index (χ3n) is 4.30. The number of halogens is 1. The Morgan fingerprint density at radius 2 is 1.76 bits per heavy atom. The third-order valence-corrected chi connectivity index (χ3v) is 4.30. The number of amides is 2. The number of likely N-dealkylation sites (N-methyl/N-ethyl adjacent to an activating group) is 1. The second kappa shape index (κ2) is 9.29. The first-order valence-electron chi connectivity index (χ1n) is 8.36. The number of piperazine rings is 1. The minimum absolute atomic E-state index is 0.106. The molecule has 1 aliphatic rings. The summed E-state index contributed by atoms with van der Waals surface area (Å²) in [6, 6.07) is 6.17. The Bertz CT molecular complexity index is 598. The summed E-state index contributed by atoms with van der Waals surface area (Å²) in [5.41, 5.74) is 0.915. The lowest BCUT2D eigenvalue weighted by molar-refractivity contribution is -0.139. The molecule has 1 fully saturated rings. The smallest absolute Gasteiger partial charge is 0.309 e. The molecule has 136 valence electrons. The van der Waals surface area contributed by atoms with Crippen LogP contribution in [-0.4, -0.2) is 67.9 Å². The number of hydrogen-bond acceptors (Lipinski definition) is 4. The molecule has 1 atom stereocenters. The van der Waals surface area contributed by atoms with Gasteiger partial charge in [-0.05, 0) is 24.7 Å². The monoisotopic (exact) mass is 348 g/mol. The minimum Gasteiger partial charge on any atom is -0.346 e. The molecule has 0 aromatic heterocycles. The van der Waals surface area contributed by atoms with E-state index in [0.29, 0.717) is 0 Å². The van der Waals surface area contributed by atoms with Gasteiger partial charge in [0.25, 0.3) is 0 Å². The van der Waals surface area contributed by atoms with Gasteiger partial charge in [0.05, 0.1) is 6.04 Å². The van der Waals surface area contributed by atoms with Gasteiger partial charge in [0.1, 0.15) is 5.82 Å². The summed E-state index contributed by atoms with van der Waals surface area (Å²) in [5.74, 6) is -1.66. The van der Waals surface area contributed by atoms with Crippen LogP contribution < -0.4 is 10.6 Å². The van der Waals surface area contributed by atoms with E-state index in [-0.39, 0.29) is 24.9 Å². The van der Waals surface area contributed by atoms with Gasteiger partial charge in [-0.15, -0.1) is 6.58 Å². The van der Waals surface area contributed by atoms with Crippen molar-refractivity contribution in [2.45, 2.75) is 6.04 Å². The number of benzene rings is 1. The van der Waals surface area contributed by atoms with Gasteiger partial charge in [0, 0.05) is 39.3 Å². The fourth-order valence-corrected chi connectivity index (χ4v) is 2.79. The molecule has 25 heavy (non-hydrogen) atoms. The molecule has 2 rings (SSSR count). The molecule has 0 aliphatic carbocycles. The van der Waals surface area contributed by atoms with Crippen molar-refractivity contribution in [1.29, 1.82) is 0 Å². The van der Waals surface area contributed by atoms with Gasteiger partial charge in [-0.1, -0.05) is 18.2 Å². The maximum Gasteiger partial charge on any atom is 0.309 e. The topological polar surface area (TPSA) is 64.7 Å². The normalized spacial score (nSPS) is 16.9. The fraction of sp³-hybridized carbons (Fsp3) is 0.444. The number of carbonyl (C=O) groups is 2. The number of rotatable bonds is 6. The largest absolute Gasteiger partial charge is 0.346 e. The first-order valence-corrected chi connectivity index (χ1v) is 8.36. The highest BCUT2D eigenvalue weighted by Gasteiger charge is 2.25. The predicted octanol–water partition coefficient (Wildman–Crippen LogP) is 0.533. The highest BCUT2D eigenvalue weighted by atomic mass is 19.1. The van der Waals surface area contributed by atoms with Gasteiger partial charge in [0.15, 0.2) is 0 Å². The fourth-order valence-electron chi connectivity index (χ4n) is 2.79. The van der Waals surface area contributed by atoms with Gasteiger partial charge >= 0.3 is 11.8 Å². The summed E-state index contributed by atoms with van der Waals surface area (Å²) in [5, 5.41) is 5.13. The minimum atomic E-state index is -0.684. The van der Waals surface area contributed by atoms with Crippen molar-refractivity contribution >= 4 is 11.8 Å². The second-order valence-corrected chi connectivity index (χ2v) is 6.12. The van der Waals surface area contributed by atoms with Crippen LogP contribution in [0, 0.1) is 5.82 Å². The molecule has 6 nitrogen and oxygen atoms in total. The summed E-state index contributed by atoms with van der Waals surface area (Å²) < 4.78 is 13.2. The molecule has 0 saturated carbocycles. The van der Waals surface area contributed by atoms with Crippen LogP contribution in [0.2, 0.25) is 0 Å². The Balaban J connectivity index is 2.04. The van der Waals surface area contributed by atoms with Gasteiger partial charge in [-0.25, -0.2) is 4.39 Å². The number of carbonyl (C=O) groups excluding carboxylic acids is 2. The van der Waals surface area contributed by atoms with Gasteiger partial charge in [0.2, 0.25) is 0 Å². The van der Waals surface area contributed by atoms with Crippen molar-refractivity contribution in [3.63, 3.8) is 0 Å². The summed E-state index contributed by atoms with van der Waals surface area (Å²) in [6.45, 7) is 7.55. The van der Waals surface area contributed by atoms with E-state index in [9.17, 15) is 14.0 Å². The molecular weight excluding hydrogens is 323 g/mol. The van der Waals surface area contributed by atoms with Crippen molar-refractivity contribution in [3.05, 3.63) is 48.3 Å². The van der Waals surface area contributed by atoms with Crippen LogP contribution in [0.4, 0.5) is 4.39 Å². The van der Waals surface area contributed by atoms with E-state index < -0.39 is 11.8 Å². The summed E-state index contributed by atoms with van der Waals surface area (Å²) in [7, 11) is 2.07. The van der Waals surface area contributed by atoms with Crippen LogP contribution >= 0.6 is 0 Å². The average molecular weight is 348 g/mol.